The topological polar surface area (TPSA) is 43.0 Å². The zero-order valence-corrected chi connectivity index (χ0v) is 9.10. The summed E-state index contributed by atoms with van der Waals surface area (Å²) in [4.78, 5) is 0. The Morgan fingerprint density at radius 3 is 3.12 bits per heavy atom. The lowest BCUT2D eigenvalue weighted by atomic mass is 10.4. The van der Waals surface area contributed by atoms with Crippen molar-refractivity contribution in [1.82, 2.24) is 15.0 Å². The summed E-state index contributed by atoms with van der Waals surface area (Å²) in [7, 11) is 0. The molecule has 0 aromatic carbocycles. The van der Waals surface area contributed by atoms with Crippen molar-refractivity contribution in [3.8, 4) is 0 Å². The Bertz CT molecular complexity index is 443. The summed E-state index contributed by atoms with van der Waals surface area (Å²) < 4.78 is 7.30. The average Bonchev–Trinajstić information content (AvgIpc) is 2.79. The number of nitrogens with one attached hydrogen (secondary N) is 1. The lowest BCUT2D eigenvalue weighted by Gasteiger charge is -2.07. The summed E-state index contributed by atoms with van der Waals surface area (Å²) in [6.45, 7) is 1.69. The second-order valence-electron chi connectivity index (χ2n) is 4.26. The summed E-state index contributed by atoms with van der Waals surface area (Å²) in [6, 6.07) is 6.86. The molecular weight excluding hydrogens is 202 g/mol. The molecule has 2 aromatic rings. The van der Waals surface area contributed by atoms with Crippen LogP contribution < -0.4 is 5.32 Å². The van der Waals surface area contributed by atoms with Gasteiger partial charge in [0.05, 0.1) is 12.7 Å². The Morgan fingerprint density at radius 1 is 1.44 bits per heavy atom. The van der Waals surface area contributed by atoms with Crippen LogP contribution in [0.2, 0.25) is 0 Å². The predicted molar refractivity (Wildman–Crippen MR) is 59.9 cm³/mol. The Labute approximate surface area is 94.2 Å². The molecule has 2 heterocycles. The van der Waals surface area contributed by atoms with Gasteiger partial charge in [0.25, 0.3) is 0 Å². The first-order valence-electron chi connectivity index (χ1n) is 5.69. The van der Waals surface area contributed by atoms with Crippen LogP contribution in [0.25, 0.3) is 0 Å². The number of rotatable bonds is 5. The molecule has 4 nitrogen and oxygen atoms in total. The molecule has 1 saturated carbocycles. The second kappa shape index (κ2) is 4.14. The van der Waals surface area contributed by atoms with Gasteiger partial charge in [0.2, 0.25) is 0 Å². The molecule has 0 radical (unpaired) electrons. The summed E-state index contributed by atoms with van der Waals surface area (Å²) in [5, 5.41) is 7.22. The highest BCUT2D eigenvalue weighted by atomic mass is 16.5. The van der Waals surface area contributed by atoms with Crippen molar-refractivity contribution in [3.05, 3.63) is 42.0 Å². The van der Waals surface area contributed by atoms with E-state index < -0.39 is 0 Å². The zero-order valence-electron chi connectivity index (χ0n) is 9.10. The van der Waals surface area contributed by atoms with Crippen molar-refractivity contribution in [2.75, 3.05) is 0 Å². The third-order valence-electron chi connectivity index (χ3n) is 2.89. The van der Waals surface area contributed by atoms with E-state index in [-0.39, 0.29) is 0 Å². The first-order valence-corrected chi connectivity index (χ1v) is 5.69. The van der Waals surface area contributed by atoms with E-state index >= 15 is 0 Å². The van der Waals surface area contributed by atoms with E-state index in [0.717, 1.165) is 24.9 Å². The molecule has 2 aromatic heterocycles. The normalized spacial score (nSPS) is 15.5. The van der Waals surface area contributed by atoms with E-state index in [9.17, 15) is 0 Å². The van der Waals surface area contributed by atoms with E-state index in [1.165, 1.54) is 18.5 Å². The zero-order chi connectivity index (χ0) is 10.8. The standard InChI is InChI=1S/C12H15N3O/c1-2-11(8-13-10-3-4-10)15(7-1)9-12-5-6-14-16-12/h1-2,5-7,10,13H,3-4,8-9H2. The minimum absolute atomic E-state index is 0.744. The van der Waals surface area contributed by atoms with Crippen molar-refractivity contribution >= 4 is 0 Å². The van der Waals surface area contributed by atoms with Crippen LogP contribution >= 0.6 is 0 Å². The van der Waals surface area contributed by atoms with Crippen LogP contribution in [-0.2, 0) is 13.1 Å². The molecule has 0 bridgehead atoms. The van der Waals surface area contributed by atoms with Gasteiger partial charge in [-0.25, -0.2) is 0 Å². The van der Waals surface area contributed by atoms with Crippen molar-refractivity contribution in [2.45, 2.75) is 32.0 Å². The van der Waals surface area contributed by atoms with Crippen LogP contribution in [0.5, 0.6) is 0 Å². The molecule has 1 fully saturated rings. The van der Waals surface area contributed by atoms with Crippen LogP contribution in [0.3, 0.4) is 0 Å². The molecule has 0 unspecified atom stereocenters. The fourth-order valence-corrected chi connectivity index (χ4v) is 1.79. The number of hydrogen-bond acceptors (Lipinski definition) is 3. The van der Waals surface area contributed by atoms with Gasteiger partial charge >= 0.3 is 0 Å². The van der Waals surface area contributed by atoms with Crippen molar-refractivity contribution in [1.29, 1.82) is 0 Å². The Morgan fingerprint density at radius 2 is 2.38 bits per heavy atom. The molecule has 0 atom stereocenters. The SMILES string of the molecule is c1cc(CNC2CC2)n(Cc2ccno2)c1. The molecule has 1 N–H and O–H groups in total. The van der Waals surface area contributed by atoms with Crippen LogP contribution in [0.4, 0.5) is 0 Å². The molecule has 0 saturated heterocycles. The van der Waals surface area contributed by atoms with Gasteiger partial charge in [0, 0.05) is 30.5 Å². The highest BCUT2D eigenvalue weighted by Crippen LogP contribution is 2.19. The van der Waals surface area contributed by atoms with E-state index in [4.69, 9.17) is 4.52 Å². The van der Waals surface area contributed by atoms with Gasteiger partial charge in [-0.05, 0) is 25.0 Å². The van der Waals surface area contributed by atoms with Crippen molar-refractivity contribution in [2.24, 2.45) is 0 Å². The maximum absolute atomic E-state index is 5.11. The molecule has 84 valence electrons. The highest BCUT2D eigenvalue weighted by Gasteiger charge is 2.20. The third kappa shape index (κ3) is 2.17. The van der Waals surface area contributed by atoms with Crippen molar-refractivity contribution < 1.29 is 4.52 Å². The number of aromatic nitrogens is 2. The molecule has 4 heteroatoms. The van der Waals surface area contributed by atoms with Gasteiger partial charge in [0.1, 0.15) is 0 Å². The molecule has 1 aliphatic rings. The minimum atomic E-state index is 0.744. The van der Waals surface area contributed by atoms with Gasteiger partial charge in [-0.3, -0.25) is 0 Å². The van der Waals surface area contributed by atoms with Crippen LogP contribution in [-0.4, -0.2) is 15.8 Å². The van der Waals surface area contributed by atoms with Gasteiger partial charge < -0.3 is 14.4 Å². The van der Waals surface area contributed by atoms with E-state index in [2.05, 4.69) is 33.4 Å². The quantitative estimate of drug-likeness (QED) is 0.830. The monoisotopic (exact) mass is 217 g/mol. The van der Waals surface area contributed by atoms with Gasteiger partial charge in [-0.1, -0.05) is 5.16 Å². The lowest BCUT2D eigenvalue weighted by molar-refractivity contribution is 0.374. The average molecular weight is 217 g/mol. The van der Waals surface area contributed by atoms with Crippen LogP contribution in [0.1, 0.15) is 24.3 Å². The lowest BCUT2D eigenvalue weighted by Crippen LogP contribution is -2.18. The molecule has 0 amide bonds. The number of nitrogens with zero attached hydrogens (tertiary/aromatic N) is 2. The maximum atomic E-state index is 5.11. The Kier molecular flexibility index (Phi) is 2.50. The minimum Gasteiger partial charge on any atom is -0.359 e. The first kappa shape index (κ1) is 9.66. The van der Waals surface area contributed by atoms with Gasteiger partial charge in [-0.2, -0.15) is 0 Å². The molecule has 3 rings (SSSR count). The maximum Gasteiger partial charge on any atom is 0.156 e. The molecule has 0 spiro atoms. The Hall–Kier alpha value is -1.55. The molecule has 1 aliphatic carbocycles. The Balaban J connectivity index is 1.66. The fraction of sp³-hybridized carbons (Fsp3) is 0.417. The highest BCUT2D eigenvalue weighted by molar-refractivity contribution is 5.10. The van der Waals surface area contributed by atoms with Gasteiger partial charge in [-0.15, -0.1) is 0 Å². The summed E-state index contributed by atoms with van der Waals surface area (Å²) >= 11 is 0. The van der Waals surface area contributed by atoms with Gasteiger partial charge in [0.15, 0.2) is 5.76 Å². The fourth-order valence-electron chi connectivity index (χ4n) is 1.79. The first-order chi connectivity index (χ1) is 7.92. The van der Waals surface area contributed by atoms with Crippen LogP contribution in [0.15, 0.2) is 35.1 Å². The summed E-state index contributed by atoms with van der Waals surface area (Å²) in [6.07, 6.45) is 6.40. The van der Waals surface area contributed by atoms with Crippen LogP contribution in [0, 0.1) is 0 Å². The largest absolute Gasteiger partial charge is 0.359 e. The molecule has 0 aliphatic heterocycles. The summed E-state index contributed by atoms with van der Waals surface area (Å²) in [5.74, 6) is 0.892. The van der Waals surface area contributed by atoms with E-state index in [1.54, 1.807) is 6.20 Å². The second-order valence-corrected chi connectivity index (χ2v) is 4.26. The summed E-state index contributed by atoms with van der Waals surface area (Å²) in [5.41, 5.74) is 1.29. The smallest absolute Gasteiger partial charge is 0.156 e. The predicted octanol–water partition coefficient (Wildman–Crippen LogP) is 1.78. The van der Waals surface area contributed by atoms with E-state index in [1.807, 2.05) is 6.07 Å². The van der Waals surface area contributed by atoms with E-state index in [0.29, 0.717) is 0 Å². The van der Waals surface area contributed by atoms with Crippen molar-refractivity contribution in [3.63, 3.8) is 0 Å². The molecular formula is C12H15N3O. The third-order valence-corrected chi connectivity index (χ3v) is 2.89. The number of hydrogen-bond donors (Lipinski definition) is 1. The molecule has 16 heavy (non-hydrogen) atoms.